The molecule has 0 aliphatic heterocycles. The molecular formula is C15H22O4. The lowest BCUT2D eigenvalue weighted by Crippen LogP contribution is -2.23. The maximum atomic E-state index is 12.0. The Balaban J connectivity index is 4.97. The van der Waals surface area contributed by atoms with Crippen molar-refractivity contribution in [2.24, 2.45) is 0 Å². The molecular weight excluding hydrogens is 244 g/mol. The van der Waals surface area contributed by atoms with E-state index in [9.17, 15) is 4.79 Å². The van der Waals surface area contributed by atoms with Gasteiger partial charge in [0, 0.05) is 5.57 Å². The summed E-state index contributed by atoms with van der Waals surface area (Å²) in [7, 11) is 0. The number of aliphatic hydroxyl groups excluding tert-OH is 2. The molecule has 4 heteroatoms. The Morgan fingerprint density at radius 3 is 2.05 bits per heavy atom. The van der Waals surface area contributed by atoms with Gasteiger partial charge in [0.15, 0.2) is 0 Å². The first-order chi connectivity index (χ1) is 9.10. The summed E-state index contributed by atoms with van der Waals surface area (Å²) in [6.45, 7) is 10.2. The van der Waals surface area contributed by atoms with E-state index in [-0.39, 0.29) is 6.61 Å². The van der Waals surface area contributed by atoms with E-state index in [2.05, 4.69) is 19.7 Å². The number of ether oxygens (including phenoxy) is 1. The molecule has 0 saturated heterocycles. The highest BCUT2D eigenvalue weighted by molar-refractivity contribution is 5.89. The van der Waals surface area contributed by atoms with Gasteiger partial charge in [-0.05, 0) is 19.3 Å². The molecule has 106 valence electrons. The van der Waals surface area contributed by atoms with Crippen LogP contribution in [0.2, 0.25) is 0 Å². The van der Waals surface area contributed by atoms with E-state index in [1.54, 1.807) is 18.2 Å². The molecule has 19 heavy (non-hydrogen) atoms. The number of allylic oxidation sites excluding steroid dienone is 4. The molecule has 0 saturated carbocycles. The van der Waals surface area contributed by atoms with Gasteiger partial charge in [-0.1, -0.05) is 23.8 Å². The zero-order valence-corrected chi connectivity index (χ0v) is 11.2. The fourth-order valence-corrected chi connectivity index (χ4v) is 1.51. The first-order valence-corrected chi connectivity index (χ1v) is 6.10. The Morgan fingerprint density at radius 2 is 1.63 bits per heavy atom. The summed E-state index contributed by atoms with van der Waals surface area (Å²) in [5.74, 6) is -0.508. The molecule has 0 fully saturated rings. The molecule has 0 aromatic heterocycles. The molecule has 0 spiro atoms. The number of aliphatic hydroxyl groups is 2. The van der Waals surface area contributed by atoms with Crippen LogP contribution in [0.1, 0.15) is 19.3 Å². The first-order valence-electron chi connectivity index (χ1n) is 6.10. The molecule has 0 aliphatic carbocycles. The Labute approximate surface area is 114 Å². The Hall–Kier alpha value is -1.65. The minimum Gasteiger partial charge on any atom is -0.459 e. The Bertz CT molecular complexity index is 343. The summed E-state index contributed by atoms with van der Waals surface area (Å²) in [6, 6.07) is 0. The number of esters is 1. The molecule has 0 aliphatic rings. The number of hydrogen-bond donors (Lipinski definition) is 2. The predicted molar refractivity (Wildman–Crippen MR) is 75.5 cm³/mol. The van der Waals surface area contributed by atoms with Gasteiger partial charge in [0.1, 0.15) is 12.7 Å². The molecule has 0 aromatic rings. The molecule has 2 N–H and O–H groups in total. The largest absolute Gasteiger partial charge is 0.459 e. The van der Waals surface area contributed by atoms with Crippen molar-refractivity contribution in [2.45, 2.75) is 25.4 Å². The number of carbonyl (C=O) groups is 1. The molecule has 1 unspecified atom stereocenters. The Morgan fingerprint density at radius 1 is 1.11 bits per heavy atom. The highest BCUT2D eigenvalue weighted by Gasteiger charge is 2.16. The summed E-state index contributed by atoms with van der Waals surface area (Å²) in [5, 5.41) is 17.8. The van der Waals surface area contributed by atoms with Crippen molar-refractivity contribution in [3.8, 4) is 0 Å². The van der Waals surface area contributed by atoms with Crippen LogP contribution in [0.25, 0.3) is 0 Å². The highest BCUT2D eigenvalue weighted by Crippen LogP contribution is 2.19. The van der Waals surface area contributed by atoms with E-state index >= 15 is 0 Å². The SMILES string of the molecule is C=CCC(CC=C)=C(CC=C)C(=O)OCC(O)CO. The average Bonchev–Trinajstić information content (AvgIpc) is 2.41. The lowest BCUT2D eigenvalue weighted by atomic mass is 9.99. The minimum atomic E-state index is -1.06. The summed E-state index contributed by atoms with van der Waals surface area (Å²) in [5.41, 5.74) is 1.37. The summed E-state index contributed by atoms with van der Waals surface area (Å²) >= 11 is 0. The van der Waals surface area contributed by atoms with Crippen molar-refractivity contribution in [1.29, 1.82) is 0 Å². The van der Waals surface area contributed by atoms with E-state index < -0.39 is 18.7 Å². The van der Waals surface area contributed by atoms with Gasteiger partial charge in [-0.3, -0.25) is 0 Å². The van der Waals surface area contributed by atoms with Crippen molar-refractivity contribution in [3.63, 3.8) is 0 Å². The topological polar surface area (TPSA) is 66.8 Å². The van der Waals surface area contributed by atoms with Gasteiger partial charge in [0.2, 0.25) is 0 Å². The second kappa shape index (κ2) is 10.3. The van der Waals surface area contributed by atoms with Gasteiger partial charge in [0.05, 0.1) is 6.61 Å². The molecule has 0 bridgehead atoms. The first kappa shape index (κ1) is 17.4. The second-order valence-corrected chi connectivity index (χ2v) is 4.00. The third kappa shape index (κ3) is 6.74. The second-order valence-electron chi connectivity index (χ2n) is 4.00. The smallest absolute Gasteiger partial charge is 0.334 e. The van der Waals surface area contributed by atoms with E-state index in [4.69, 9.17) is 14.9 Å². The molecule has 4 nitrogen and oxygen atoms in total. The number of carbonyl (C=O) groups excluding carboxylic acids is 1. The van der Waals surface area contributed by atoms with Crippen LogP contribution in [0.15, 0.2) is 49.1 Å². The summed E-state index contributed by atoms with van der Waals surface area (Å²) < 4.78 is 4.96. The van der Waals surface area contributed by atoms with Gasteiger partial charge in [-0.15, -0.1) is 19.7 Å². The molecule has 0 heterocycles. The van der Waals surface area contributed by atoms with E-state index in [1.165, 1.54) is 0 Å². The summed E-state index contributed by atoms with van der Waals surface area (Å²) in [6.07, 6.45) is 5.47. The highest BCUT2D eigenvalue weighted by atomic mass is 16.5. The molecule has 0 rings (SSSR count). The molecule has 0 radical (unpaired) electrons. The van der Waals surface area contributed by atoms with Crippen LogP contribution in [-0.2, 0) is 9.53 Å². The lowest BCUT2D eigenvalue weighted by molar-refractivity contribution is -0.142. The van der Waals surface area contributed by atoms with Gasteiger partial charge in [-0.25, -0.2) is 4.79 Å². The standard InChI is InChI=1S/C15H22O4/c1-4-7-12(8-5-2)14(9-6-3)15(18)19-11-13(17)10-16/h4-6,13,16-17H,1-3,7-11H2. The normalized spacial score (nSPS) is 11.3. The van der Waals surface area contributed by atoms with E-state index in [1.807, 2.05) is 0 Å². The minimum absolute atomic E-state index is 0.231. The summed E-state index contributed by atoms with van der Waals surface area (Å²) in [4.78, 5) is 12.0. The van der Waals surface area contributed by atoms with Crippen LogP contribution in [0.5, 0.6) is 0 Å². The molecule has 0 aromatic carbocycles. The number of rotatable bonds is 10. The third-order valence-electron chi connectivity index (χ3n) is 2.42. The van der Waals surface area contributed by atoms with Crippen LogP contribution in [0.3, 0.4) is 0 Å². The van der Waals surface area contributed by atoms with Crippen molar-refractivity contribution in [2.75, 3.05) is 13.2 Å². The van der Waals surface area contributed by atoms with Crippen LogP contribution < -0.4 is 0 Å². The Kier molecular flexibility index (Phi) is 9.40. The van der Waals surface area contributed by atoms with Crippen molar-refractivity contribution >= 4 is 5.97 Å². The van der Waals surface area contributed by atoms with Crippen LogP contribution in [-0.4, -0.2) is 35.5 Å². The maximum Gasteiger partial charge on any atom is 0.334 e. The van der Waals surface area contributed by atoms with Gasteiger partial charge >= 0.3 is 5.97 Å². The fourth-order valence-electron chi connectivity index (χ4n) is 1.51. The van der Waals surface area contributed by atoms with E-state index in [0.717, 1.165) is 5.57 Å². The molecule has 1 atom stereocenters. The zero-order valence-electron chi connectivity index (χ0n) is 11.2. The third-order valence-corrected chi connectivity index (χ3v) is 2.42. The maximum absolute atomic E-state index is 12.0. The van der Waals surface area contributed by atoms with Gasteiger partial charge in [0.25, 0.3) is 0 Å². The van der Waals surface area contributed by atoms with Crippen molar-refractivity contribution in [3.05, 3.63) is 49.1 Å². The zero-order chi connectivity index (χ0) is 14.7. The average molecular weight is 266 g/mol. The van der Waals surface area contributed by atoms with Crippen LogP contribution >= 0.6 is 0 Å². The number of hydrogen-bond acceptors (Lipinski definition) is 4. The van der Waals surface area contributed by atoms with Gasteiger partial charge < -0.3 is 14.9 Å². The van der Waals surface area contributed by atoms with Crippen LogP contribution in [0.4, 0.5) is 0 Å². The van der Waals surface area contributed by atoms with Crippen molar-refractivity contribution < 1.29 is 19.7 Å². The monoisotopic (exact) mass is 266 g/mol. The van der Waals surface area contributed by atoms with E-state index in [0.29, 0.717) is 24.8 Å². The van der Waals surface area contributed by atoms with Gasteiger partial charge in [-0.2, -0.15) is 0 Å². The van der Waals surface area contributed by atoms with Crippen molar-refractivity contribution in [1.82, 2.24) is 0 Å². The molecule has 0 amide bonds. The van der Waals surface area contributed by atoms with Crippen LogP contribution in [0, 0.1) is 0 Å². The lowest BCUT2D eigenvalue weighted by Gasteiger charge is -2.13. The fraction of sp³-hybridized carbons (Fsp3) is 0.400. The quantitative estimate of drug-likeness (QED) is 0.360. The predicted octanol–water partition coefficient (Wildman–Crippen LogP) is 1.91.